The monoisotopic (exact) mass is 304 g/mol. The highest BCUT2D eigenvalue weighted by atomic mass is 32.2. The second-order valence-electron chi connectivity index (χ2n) is 3.79. The first-order valence-electron chi connectivity index (χ1n) is 5.29. The molecule has 4 nitrogen and oxygen atoms in total. The molecular formula is C11H16N2O2S3. The van der Waals surface area contributed by atoms with Gasteiger partial charge in [-0.1, -0.05) is 31.3 Å². The standard InChI is InChI=1S/C11H16N2O2S3/c1-8(17-2)7-13-18(14,15)10-5-3-4-9(6-10)11(12)16/h3-6,8,13H,7H2,1-2H3,(H2,12,16). The van der Waals surface area contributed by atoms with Crippen LogP contribution in [-0.2, 0) is 10.0 Å². The van der Waals surface area contributed by atoms with E-state index < -0.39 is 10.0 Å². The molecule has 1 aromatic carbocycles. The lowest BCUT2D eigenvalue weighted by molar-refractivity contribution is 0.581. The minimum atomic E-state index is -3.50. The van der Waals surface area contributed by atoms with Gasteiger partial charge in [0, 0.05) is 17.4 Å². The molecule has 0 fully saturated rings. The molecule has 0 bridgehead atoms. The first kappa shape index (κ1) is 15.4. The van der Waals surface area contributed by atoms with Crippen LogP contribution in [-0.4, -0.2) is 31.5 Å². The Hall–Kier alpha value is -0.630. The Kier molecular flexibility index (Phi) is 5.58. The largest absolute Gasteiger partial charge is 0.389 e. The summed E-state index contributed by atoms with van der Waals surface area (Å²) < 4.78 is 26.6. The van der Waals surface area contributed by atoms with Gasteiger partial charge >= 0.3 is 0 Å². The summed E-state index contributed by atoms with van der Waals surface area (Å²) in [6, 6.07) is 6.31. The van der Waals surface area contributed by atoms with Gasteiger partial charge in [0.15, 0.2) is 0 Å². The number of sulfonamides is 1. The summed E-state index contributed by atoms with van der Waals surface area (Å²) in [7, 11) is -3.50. The average molecular weight is 304 g/mol. The number of benzene rings is 1. The lowest BCUT2D eigenvalue weighted by atomic mass is 10.2. The van der Waals surface area contributed by atoms with Gasteiger partial charge in [0.2, 0.25) is 10.0 Å². The van der Waals surface area contributed by atoms with E-state index in [2.05, 4.69) is 4.72 Å². The van der Waals surface area contributed by atoms with Crippen LogP contribution in [0.15, 0.2) is 29.2 Å². The van der Waals surface area contributed by atoms with E-state index in [1.165, 1.54) is 12.1 Å². The Morgan fingerprint density at radius 1 is 1.56 bits per heavy atom. The summed E-state index contributed by atoms with van der Waals surface area (Å²) in [5.41, 5.74) is 6.03. The highest BCUT2D eigenvalue weighted by Crippen LogP contribution is 2.12. The lowest BCUT2D eigenvalue weighted by Crippen LogP contribution is -2.29. The molecule has 3 N–H and O–H groups in total. The van der Waals surface area contributed by atoms with Gasteiger partial charge in [0.1, 0.15) is 4.99 Å². The second-order valence-corrected chi connectivity index (χ2v) is 7.27. The van der Waals surface area contributed by atoms with E-state index in [0.717, 1.165) is 0 Å². The van der Waals surface area contributed by atoms with Crippen molar-refractivity contribution in [3.05, 3.63) is 29.8 Å². The smallest absolute Gasteiger partial charge is 0.240 e. The fraction of sp³-hybridized carbons (Fsp3) is 0.364. The van der Waals surface area contributed by atoms with E-state index in [9.17, 15) is 8.42 Å². The maximum Gasteiger partial charge on any atom is 0.240 e. The summed E-state index contributed by atoms with van der Waals surface area (Å²) in [6.45, 7) is 2.35. The molecule has 0 aliphatic heterocycles. The molecule has 1 atom stereocenters. The van der Waals surface area contributed by atoms with Crippen LogP contribution in [0.4, 0.5) is 0 Å². The van der Waals surface area contributed by atoms with Crippen LogP contribution in [0.2, 0.25) is 0 Å². The predicted molar refractivity (Wildman–Crippen MR) is 80.5 cm³/mol. The molecule has 1 rings (SSSR count). The minimum absolute atomic E-state index is 0.182. The van der Waals surface area contributed by atoms with Crippen molar-refractivity contribution >= 4 is 39.0 Å². The van der Waals surface area contributed by atoms with E-state index in [-0.39, 0.29) is 15.1 Å². The van der Waals surface area contributed by atoms with Gasteiger partial charge in [0.25, 0.3) is 0 Å². The van der Waals surface area contributed by atoms with Crippen molar-refractivity contribution in [2.24, 2.45) is 5.73 Å². The summed E-state index contributed by atoms with van der Waals surface area (Å²) in [6.07, 6.45) is 1.94. The third-order valence-electron chi connectivity index (χ3n) is 2.39. The number of rotatable bonds is 6. The van der Waals surface area contributed by atoms with E-state index >= 15 is 0 Å². The van der Waals surface area contributed by atoms with Crippen molar-refractivity contribution in [3.63, 3.8) is 0 Å². The number of thioether (sulfide) groups is 1. The van der Waals surface area contributed by atoms with Crippen LogP contribution < -0.4 is 10.5 Å². The average Bonchev–Trinajstić information content (AvgIpc) is 2.36. The number of hydrogen-bond donors (Lipinski definition) is 2. The molecule has 100 valence electrons. The third kappa shape index (κ3) is 4.24. The fourth-order valence-corrected chi connectivity index (χ4v) is 2.87. The Morgan fingerprint density at radius 2 is 2.22 bits per heavy atom. The van der Waals surface area contributed by atoms with E-state index in [1.807, 2.05) is 13.2 Å². The van der Waals surface area contributed by atoms with Crippen molar-refractivity contribution in [2.75, 3.05) is 12.8 Å². The van der Waals surface area contributed by atoms with Gasteiger partial charge < -0.3 is 5.73 Å². The number of thiocarbonyl (C=S) groups is 1. The zero-order valence-electron chi connectivity index (χ0n) is 10.2. The van der Waals surface area contributed by atoms with Crippen LogP contribution >= 0.6 is 24.0 Å². The minimum Gasteiger partial charge on any atom is -0.389 e. The summed E-state index contributed by atoms with van der Waals surface area (Å²) in [4.78, 5) is 0.366. The fourth-order valence-electron chi connectivity index (χ4n) is 1.21. The SMILES string of the molecule is CSC(C)CNS(=O)(=O)c1cccc(C(N)=S)c1. The molecule has 18 heavy (non-hydrogen) atoms. The van der Waals surface area contributed by atoms with Gasteiger partial charge in [-0.25, -0.2) is 13.1 Å². The van der Waals surface area contributed by atoms with Crippen LogP contribution in [0.25, 0.3) is 0 Å². The van der Waals surface area contributed by atoms with Crippen LogP contribution in [0.1, 0.15) is 12.5 Å². The van der Waals surface area contributed by atoms with Gasteiger partial charge in [-0.15, -0.1) is 0 Å². The van der Waals surface area contributed by atoms with Crippen molar-refractivity contribution in [1.29, 1.82) is 0 Å². The number of nitrogens with one attached hydrogen (secondary N) is 1. The quantitative estimate of drug-likeness (QED) is 0.776. The first-order valence-corrected chi connectivity index (χ1v) is 8.47. The zero-order chi connectivity index (χ0) is 13.8. The molecular weight excluding hydrogens is 288 g/mol. The maximum absolute atomic E-state index is 12.0. The molecule has 1 unspecified atom stereocenters. The molecule has 0 heterocycles. The van der Waals surface area contributed by atoms with Gasteiger partial charge in [-0.2, -0.15) is 11.8 Å². The third-order valence-corrected chi connectivity index (χ3v) is 5.02. The Labute approximate surface area is 117 Å². The topological polar surface area (TPSA) is 72.2 Å². The Morgan fingerprint density at radius 3 is 2.78 bits per heavy atom. The molecule has 0 amide bonds. The van der Waals surface area contributed by atoms with Gasteiger partial charge in [-0.05, 0) is 18.4 Å². The zero-order valence-corrected chi connectivity index (χ0v) is 12.7. The highest BCUT2D eigenvalue weighted by Gasteiger charge is 2.15. The van der Waals surface area contributed by atoms with Crippen molar-refractivity contribution in [3.8, 4) is 0 Å². The van der Waals surface area contributed by atoms with Crippen molar-refractivity contribution in [1.82, 2.24) is 4.72 Å². The normalized spacial score (nSPS) is 13.2. The molecule has 7 heteroatoms. The van der Waals surface area contributed by atoms with E-state index in [4.69, 9.17) is 18.0 Å². The van der Waals surface area contributed by atoms with Crippen molar-refractivity contribution < 1.29 is 8.42 Å². The molecule has 0 saturated carbocycles. The number of nitrogens with two attached hydrogens (primary N) is 1. The summed E-state index contributed by atoms with van der Waals surface area (Å²) in [5, 5.41) is 0.221. The summed E-state index contributed by atoms with van der Waals surface area (Å²) >= 11 is 6.43. The predicted octanol–water partition coefficient (Wildman–Crippen LogP) is 1.35. The molecule has 0 spiro atoms. The summed E-state index contributed by atoms with van der Waals surface area (Å²) in [5.74, 6) is 0. The molecule has 0 saturated heterocycles. The Bertz CT molecular complexity index is 529. The molecule has 0 radical (unpaired) electrons. The first-order chi connectivity index (χ1) is 8.36. The second kappa shape index (κ2) is 6.51. The highest BCUT2D eigenvalue weighted by molar-refractivity contribution is 7.99. The van der Waals surface area contributed by atoms with Gasteiger partial charge in [-0.3, -0.25) is 0 Å². The van der Waals surface area contributed by atoms with E-state index in [1.54, 1.807) is 23.9 Å². The van der Waals surface area contributed by atoms with Gasteiger partial charge in [0.05, 0.1) is 4.90 Å². The van der Waals surface area contributed by atoms with Crippen LogP contribution in [0.5, 0.6) is 0 Å². The molecule has 1 aromatic rings. The van der Waals surface area contributed by atoms with Crippen molar-refractivity contribution in [2.45, 2.75) is 17.1 Å². The maximum atomic E-state index is 12.0. The molecule has 0 aromatic heterocycles. The van der Waals surface area contributed by atoms with Crippen LogP contribution in [0.3, 0.4) is 0 Å². The van der Waals surface area contributed by atoms with E-state index in [0.29, 0.717) is 12.1 Å². The lowest BCUT2D eigenvalue weighted by Gasteiger charge is -2.11. The molecule has 0 aliphatic rings. The Balaban J connectivity index is 2.91. The number of hydrogen-bond acceptors (Lipinski definition) is 4. The van der Waals surface area contributed by atoms with Crippen LogP contribution in [0, 0.1) is 0 Å². The molecule has 0 aliphatic carbocycles.